The molecular formula is C5H9FN2O2. The van der Waals surface area contributed by atoms with Gasteiger partial charge in [0.2, 0.25) is 11.8 Å². The van der Waals surface area contributed by atoms with E-state index in [0.717, 1.165) is 0 Å². The average Bonchev–Trinajstić information content (AvgIpc) is 1.58. The topological polar surface area (TPSA) is 86.2 Å². The summed E-state index contributed by atoms with van der Waals surface area (Å²) in [5.41, 5.74) is 9.28. The van der Waals surface area contributed by atoms with Crippen LogP contribution in [-0.4, -0.2) is 18.0 Å². The zero-order chi connectivity index (χ0) is 8.15. The average molecular weight is 148 g/mol. The van der Waals surface area contributed by atoms with E-state index in [9.17, 15) is 14.0 Å². The van der Waals surface area contributed by atoms with Crippen LogP contribution in [0.25, 0.3) is 0 Å². The summed E-state index contributed by atoms with van der Waals surface area (Å²) in [5.74, 6) is -1.54. The molecule has 0 fully saturated rings. The minimum Gasteiger partial charge on any atom is -0.370 e. The molecule has 0 rings (SSSR count). The normalized spacial score (nSPS) is 9.80. The standard InChI is InChI=1S/C5H9FN2O2/c6-3(1-4(7)9)2-5(8)10/h3H,1-2H2,(H2,7,9)(H2,8,10). The second kappa shape index (κ2) is 3.81. The lowest BCUT2D eigenvalue weighted by molar-refractivity contribution is -0.121. The number of halogens is 1. The van der Waals surface area contributed by atoms with Crippen molar-refractivity contribution < 1.29 is 14.0 Å². The largest absolute Gasteiger partial charge is 0.370 e. The number of nitrogens with two attached hydrogens (primary N) is 2. The Balaban J connectivity index is 3.53. The van der Waals surface area contributed by atoms with Crippen LogP contribution in [0.4, 0.5) is 4.39 Å². The summed E-state index contributed by atoms with van der Waals surface area (Å²) >= 11 is 0. The Bertz CT molecular complexity index is 133. The van der Waals surface area contributed by atoms with Crippen molar-refractivity contribution in [3.63, 3.8) is 0 Å². The van der Waals surface area contributed by atoms with Gasteiger partial charge in [-0.05, 0) is 0 Å². The number of alkyl halides is 1. The van der Waals surface area contributed by atoms with Crippen LogP contribution in [0.2, 0.25) is 0 Å². The van der Waals surface area contributed by atoms with Crippen LogP contribution in [0.1, 0.15) is 12.8 Å². The second-order valence-corrected chi connectivity index (χ2v) is 1.94. The quantitative estimate of drug-likeness (QED) is 0.540. The number of hydrogen-bond acceptors (Lipinski definition) is 2. The molecule has 0 aliphatic carbocycles. The molecule has 0 bridgehead atoms. The third kappa shape index (κ3) is 5.02. The summed E-state index contributed by atoms with van der Waals surface area (Å²) in [7, 11) is 0. The van der Waals surface area contributed by atoms with Crippen molar-refractivity contribution in [2.45, 2.75) is 19.0 Å². The Morgan fingerprint density at radius 3 is 1.70 bits per heavy atom. The van der Waals surface area contributed by atoms with Gasteiger partial charge in [-0.25, -0.2) is 4.39 Å². The molecule has 0 unspecified atom stereocenters. The molecular weight excluding hydrogens is 139 g/mol. The fraction of sp³-hybridized carbons (Fsp3) is 0.600. The number of rotatable bonds is 4. The summed E-state index contributed by atoms with van der Waals surface area (Å²) in [5, 5.41) is 0. The Morgan fingerprint density at radius 2 is 1.50 bits per heavy atom. The van der Waals surface area contributed by atoms with Gasteiger partial charge in [0.15, 0.2) is 0 Å². The van der Waals surface area contributed by atoms with Gasteiger partial charge < -0.3 is 11.5 Å². The van der Waals surface area contributed by atoms with Gasteiger partial charge in [0, 0.05) is 0 Å². The monoisotopic (exact) mass is 148 g/mol. The first-order valence-corrected chi connectivity index (χ1v) is 2.73. The van der Waals surface area contributed by atoms with Crippen LogP contribution >= 0.6 is 0 Å². The fourth-order valence-electron chi connectivity index (χ4n) is 0.509. The van der Waals surface area contributed by atoms with Crippen LogP contribution in [0, 0.1) is 0 Å². The maximum Gasteiger partial charge on any atom is 0.220 e. The lowest BCUT2D eigenvalue weighted by Gasteiger charge is -2.00. The lowest BCUT2D eigenvalue weighted by Crippen LogP contribution is -2.22. The van der Waals surface area contributed by atoms with Crippen molar-refractivity contribution in [1.29, 1.82) is 0 Å². The van der Waals surface area contributed by atoms with Crippen molar-refractivity contribution in [2.75, 3.05) is 0 Å². The van der Waals surface area contributed by atoms with Crippen molar-refractivity contribution in [2.24, 2.45) is 11.5 Å². The predicted molar refractivity (Wildman–Crippen MR) is 32.5 cm³/mol. The molecule has 0 atom stereocenters. The summed E-state index contributed by atoms with van der Waals surface area (Å²) in [6.45, 7) is 0. The van der Waals surface area contributed by atoms with E-state index in [0.29, 0.717) is 0 Å². The molecule has 2 amide bonds. The first-order valence-electron chi connectivity index (χ1n) is 2.73. The smallest absolute Gasteiger partial charge is 0.220 e. The maximum atomic E-state index is 12.3. The zero-order valence-electron chi connectivity index (χ0n) is 5.34. The number of carbonyl (C=O) groups is 2. The lowest BCUT2D eigenvalue weighted by atomic mass is 10.2. The number of amides is 2. The van der Waals surface area contributed by atoms with Gasteiger partial charge in [-0.15, -0.1) is 0 Å². The van der Waals surface area contributed by atoms with Gasteiger partial charge in [0.25, 0.3) is 0 Å². The van der Waals surface area contributed by atoms with E-state index < -0.39 is 30.8 Å². The van der Waals surface area contributed by atoms with Gasteiger partial charge in [-0.3, -0.25) is 9.59 Å². The molecule has 0 aliphatic heterocycles. The third-order valence-corrected chi connectivity index (χ3v) is 0.845. The van der Waals surface area contributed by atoms with E-state index in [-0.39, 0.29) is 0 Å². The summed E-state index contributed by atoms with van der Waals surface area (Å²) in [6.07, 6.45) is -2.42. The van der Waals surface area contributed by atoms with Gasteiger partial charge in [-0.1, -0.05) is 0 Å². The number of carbonyl (C=O) groups excluding carboxylic acids is 2. The number of primary amides is 2. The number of hydrogen-bond donors (Lipinski definition) is 2. The minimum absolute atomic E-state index is 0.442. The SMILES string of the molecule is NC(=O)CC(F)CC(N)=O. The van der Waals surface area contributed by atoms with E-state index in [1.165, 1.54) is 0 Å². The van der Waals surface area contributed by atoms with Gasteiger partial charge in [-0.2, -0.15) is 0 Å². The van der Waals surface area contributed by atoms with Crippen molar-refractivity contribution in [3.8, 4) is 0 Å². The van der Waals surface area contributed by atoms with Crippen LogP contribution in [0.3, 0.4) is 0 Å². The molecule has 0 aromatic rings. The first-order chi connectivity index (χ1) is 4.52. The molecule has 4 nitrogen and oxygen atoms in total. The Labute approximate surface area is 57.4 Å². The molecule has 0 heterocycles. The highest BCUT2D eigenvalue weighted by molar-refractivity contribution is 5.77. The fourth-order valence-corrected chi connectivity index (χ4v) is 0.509. The van der Waals surface area contributed by atoms with Crippen LogP contribution in [-0.2, 0) is 9.59 Å². The molecule has 0 aliphatic rings. The summed E-state index contributed by atoms with van der Waals surface area (Å²) in [6, 6.07) is 0. The third-order valence-electron chi connectivity index (χ3n) is 0.845. The van der Waals surface area contributed by atoms with Crippen molar-refractivity contribution >= 4 is 11.8 Å². The Morgan fingerprint density at radius 1 is 1.20 bits per heavy atom. The highest BCUT2D eigenvalue weighted by Gasteiger charge is 2.12. The molecule has 5 heteroatoms. The van der Waals surface area contributed by atoms with Crippen molar-refractivity contribution in [3.05, 3.63) is 0 Å². The molecule has 4 N–H and O–H groups in total. The molecule has 10 heavy (non-hydrogen) atoms. The molecule has 0 radical (unpaired) electrons. The second-order valence-electron chi connectivity index (χ2n) is 1.94. The first kappa shape index (κ1) is 8.87. The van der Waals surface area contributed by atoms with E-state index >= 15 is 0 Å². The highest BCUT2D eigenvalue weighted by atomic mass is 19.1. The minimum atomic E-state index is -1.53. The Hall–Kier alpha value is -1.13. The molecule has 58 valence electrons. The van der Waals surface area contributed by atoms with E-state index in [1.54, 1.807) is 0 Å². The summed E-state index contributed by atoms with van der Waals surface area (Å²) < 4.78 is 12.3. The van der Waals surface area contributed by atoms with Crippen LogP contribution in [0.15, 0.2) is 0 Å². The van der Waals surface area contributed by atoms with Crippen LogP contribution < -0.4 is 11.5 Å². The van der Waals surface area contributed by atoms with Gasteiger partial charge in [0.05, 0.1) is 12.8 Å². The van der Waals surface area contributed by atoms with Gasteiger partial charge >= 0.3 is 0 Å². The van der Waals surface area contributed by atoms with Crippen molar-refractivity contribution in [1.82, 2.24) is 0 Å². The predicted octanol–water partition coefficient (Wildman–Crippen LogP) is -0.925. The van der Waals surface area contributed by atoms with E-state index in [4.69, 9.17) is 0 Å². The molecule has 0 saturated heterocycles. The van der Waals surface area contributed by atoms with E-state index in [1.807, 2.05) is 0 Å². The molecule has 0 aromatic heterocycles. The molecule has 0 spiro atoms. The van der Waals surface area contributed by atoms with Crippen LogP contribution in [0.5, 0.6) is 0 Å². The Kier molecular flexibility index (Phi) is 3.38. The molecule has 0 aromatic carbocycles. The zero-order valence-corrected chi connectivity index (χ0v) is 5.34. The van der Waals surface area contributed by atoms with Gasteiger partial charge in [0.1, 0.15) is 6.17 Å². The maximum absolute atomic E-state index is 12.3. The molecule has 0 saturated carbocycles. The highest BCUT2D eigenvalue weighted by Crippen LogP contribution is 2.00. The van der Waals surface area contributed by atoms with E-state index in [2.05, 4.69) is 11.5 Å². The summed E-state index contributed by atoms with van der Waals surface area (Å²) in [4.78, 5) is 20.0.